The molecule has 1 aromatic carbocycles. The molecule has 2 heterocycles. The van der Waals surface area contributed by atoms with Crippen molar-refractivity contribution >= 4 is 5.97 Å². The summed E-state index contributed by atoms with van der Waals surface area (Å²) in [5.41, 5.74) is -4.78. The van der Waals surface area contributed by atoms with Crippen LogP contribution in [0.1, 0.15) is 5.56 Å². The predicted octanol–water partition coefficient (Wildman–Crippen LogP) is -1.82. The van der Waals surface area contributed by atoms with E-state index >= 15 is 0 Å². The molecule has 4 N–H and O–H groups in total. The summed E-state index contributed by atoms with van der Waals surface area (Å²) in [6, 6.07) is 8.40. The maximum atomic E-state index is 13.8. The molecule has 4 atom stereocenters. The number of aromatic amines is 1. The Balaban J connectivity index is 2.06. The van der Waals surface area contributed by atoms with E-state index < -0.39 is 53.7 Å². The minimum absolute atomic E-state index is 0.280. The van der Waals surface area contributed by atoms with Crippen LogP contribution in [0, 0.1) is 5.82 Å². The molecule has 0 radical (unpaired) electrons. The lowest BCUT2D eigenvalue weighted by molar-refractivity contribution is -0.203. The number of aromatic nitrogens is 2. The lowest BCUT2D eigenvalue weighted by Gasteiger charge is -2.31. The second-order valence-electron chi connectivity index (χ2n) is 6.14. The first-order valence-electron chi connectivity index (χ1n) is 8.19. The quantitative estimate of drug-likeness (QED) is 0.432. The second-order valence-corrected chi connectivity index (χ2v) is 6.14. The number of aliphatic hydroxyl groups excluding tert-OH is 3. The Kier molecular flexibility index (Phi) is 5.42. The molecule has 150 valence electrons. The number of esters is 1. The van der Waals surface area contributed by atoms with Gasteiger partial charge >= 0.3 is 11.7 Å². The molecular formula is C17H17FN2O8. The summed E-state index contributed by atoms with van der Waals surface area (Å²) >= 11 is 0. The largest absolute Gasteiger partial charge is 0.457 e. The fourth-order valence-corrected chi connectivity index (χ4v) is 2.94. The number of carbonyl (C=O) groups excluding carboxylic acids is 1. The van der Waals surface area contributed by atoms with Gasteiger partial charge in [0.15, 0.2) is 0 Å². The van der Waals surface area contributed by atoms with Gasteiger partial charge in [0.2, 0.25) is 5.82 Å². The third-order valence-electron chi connectivity index (χ3n) is 4.38. The molecular weight excluding hydrogens is 379 g/mol. The molecule has 1 aromatic heterocycles. The van der Waals surface area contributed by atoms with Gasteiger partial charge in [0.05, 0.1) is 12.8 Å². The first-order chi connectivity index (χ1) is 13.3. The third kappa shape index (κ3) is 3.24. The predicted molar refractivity (Wildman–Crippen MR) is 89.5 cm³/mol. The molecule has 11 heteroatoms. The summed E-state index contributed by atoms with van der Waals surface area (Å²) in [6.07, 6.45) is -5.01. The first-order valence-corrected chi connectivity index (χ1v) is 8.19. The Hall–Kier alpha value is -2.86. The number of aliphatic hydroxyl groups is 3. The molecule has 1 fully saturated rings. The molecule has 2 aromatic rings. The van der Waals surface area contributed by atoms with Crippen LogP contribution >= 0.6 is 0 Å². The Bertz CT molecular complexity index is 975. The van der Waals surface area contributed by atoms with Crippen LogP contribution in [0.15, 0.2) is 46.1 Å². The van der Waals surface area contributed by atoms with Crippen LogP contribution in [0.3, 0.4) is 0 Å². The van der Waals surface area contributed by atoms with E-state index in [1.807, 2.05) is 0 Å². The number of halogens is 1. The van der Waals surface area contributed by atoms with E-state index in [9.17, 15) is 34.1 Å². The molecule has 0 unspecified atom stereocenters. The summed E-state index contributed by atoms with van der Waals surface area (Å²) in [5, 5.41) is 29.9. The van der Waals surface area contributed by atoms with Gasteiger partial charge in [0.25, 0.3) is 11.3 Å². The number of nitrogens with zero attached hydrogens (tertiary/aromatic N) is 1. The van der Waals surface area contributed by atoms with Gasteiger partial charge in [-0.3, -0.25) is 14.3 Å². The highest BCUT2D eigenvalue weighted by Crippen LogP contribution is 2.36. The monoisotopic (exact) mass is 396 g/mol. The highest BCUT2D eigenvalue weighted by molar-refractivity contribution is 5.78. The Labute approximate surface area is 156 Å². The summed E-state index contributed by atoms with van der Waals surface area (Å²) in [5.74, 6) is -2.76. The number of hydrogen-bond donors (Lipinski definition) is 4. The topological polar surface area (TPSA) is 151 Å². The first kappa shape index (κ1) is 19.9. The van der Waals surface area contributed by atoms with Crippen molar-refractivity contribution in [2.75, 3.05) is 6.61 Å². The smallest absolute Gasteiger partial charge is 0.363 e. The SMILES string of the molecule is O=C(OCc1ccccc1)[C@@]1(n2cc(F)c(=O)[nH]c2=O)O[C@H](CO)[C@@H](O)[C@H]1O. The van der Waals surface area contributed by atoms with E-state index in [4.69, 9.17) is 9.47 Å². The maximum absolute atomic E-state index is 13.8. The summed E-state index contributed by atoms with van der Waals surface area (Å²) < 4.78 is 24.5. The fourth-order valence-electron chi connectivity index (χ4n) is 2.94. The zero-order valence-electron chi connectivity index (χ0n) is 14.3. The molecule has 0 amide bonds. The van der Waals surface area contributed by atoms with Crippen molar-refractivity contribution in [1.82, 2.24) is 9.55 Å². The maximum Gasteiger partial charge on any atom is 0.363 e. The zero-order valence-corrected chi connectivity index (χ0v) is 14.3. The summed E-state index contributed by atoms with van der Waals surface area (Å²) in [4.78, 5) is 38.0. The Morgan fingerprint density at radius 2 is 1.96 bits per heavy atom. The molecule has 0 spiro atoms. The summed E-state index contributed by atoms with van der Waals surface area (Å²) in [6.45, 7) is -1.09. The Morgan fingerprint density at radius 3 is 2.57 bits per heavy atom. The van der Waals surface area contributed by atoms with E-state index in [0.717, 1.165) is 0 Å². The van der Waals surface area contributed by atoms with E-state index in [1.54, 1.807) is 35.3 Å². The van der Waals surface area contributed by atoms with Gasteiger partial charge in [-0.1, -0.05) is 30.3 Å². The van der Waals surface area contributed by atoms with Gasteiger partial charge in [-0.05, 0) is 5.56 Å². The van der Waals surface area contributed by atoms with Crippen LogP contribution in [0.5, 0.6) is 0 Å². The Morgan fingerprint density at radius 1 is 1.29 bits per heavy atom. The molecule has 1 aliphatic heterocycles. The van der Waals surface area contributed by atoms with Crippen molar-refractivity contribution in [3.63, 3.8) is 0 Å². The van der Waals surface area contributed by atoms with Crippen molar-refractivity contribution in [2.45, 2.75) is 30.6 Å². The molecule has 0 aliphatic carbocycles. The number of rotatable bonds is 5. The van der Waals surface area contributed by atoms with Crippen molar-refractivity contribution in [2.24, 2.45) is 0 Å². The van der Waals surface area contributed by atoms with Gasteiger partial charge in [0, 0.05) is 0 Å². The van der Waals surface area contributed by atoms with E-state index in [0.29, 0.717) is 16.3 Å². The van der Waals surface area contributed by atoms with E-state index in [1.165, 1.54) is 0 Å². The number of ether oxygens (including phenoxy) is 2. The van der Waals surface area contributed by atoms with Crippen LogP contribution in [-0.4, -0.2) is 55.8 Å². The van der Waals surface area contributed by atoms with Gasteiger partial charge in [-0.2, -0.15) is 4.39 Å². The van der Waals surface area contributed by atoms with Gasteiger partial charge in [-0.15, -0.1) is 0 Å². The van der Waals surface area contributed by atoms with Crippen LogP contribution < -0.4 is 11.2 Å². The fraction of sp³-hybridized carbons (Fsp3) is 0.353. The number of H-pyrrole nitrogens is 1. The van der Waals surface area contributed by atoms with Crippen molar-refractivity contribution in [3.05, 3.63) is 68.7 Å². The lowest BCUT2D eigenvalue weighted by atomic mass is 10.0. The van der Waals surface area contributed by atoms with Crippen molar-refractivity contribution in [1.29, 1.82) is 0 Å². The normalized spacial score (nSPS) is 26.9. The van der Waals surface area contributed by atoms with Crippen LogP contribution in [-0.2, 0) is 26.6 Å². The molecule has 28 heavy (non-hydrogen) atoms. The molecule has 3 rings (SSSR count). The number of benzene rings is 1. The molecule has 1 aliphatic rings. The molecule has 1 saturated heterocycles. The summed E-state index contributed by atoms with van der Waals surface area (Å²) in [7, 11) is 0. The average molecular weight is 396 g/mol. The molecule has 10 nitrogen and oxygen atoms in total. The third-order valence-corrected chi connectivity index (χ3v) is 4.38. The average Bonchev–Trinajstić information content (AvgIpc) is 2.95. The van der Waals surface area contributed by atoms with Crippen LogP contribution in [0.25, 0.3) is 0 Å². The zero-order chi connectivity index (χ0) is 20.5. The van der Waals surface area contributed by atoms with Crippen LogP contribution in [0.4, 0.5) is 4.39 Å². The number of nitrogens with one attached hydrogen (secondary N) is 1. The van der Waals surface area contributed by atoms with E-state index in [-0.39, 0.29) is 6.61 Å². The van der Waals surface area contributed by atoms with Crippen molar-refractivity contribution in [3.8, 4) is 0 Å². The van der Waals surface area contributed by atoms with Crippen LogP contribution in [0.2, 0.25) is 0 Å². The van der Waals surface area contributed by atoms with Gasteiger partial charge in [0.1, 0.15) is 24.9 Å². The lowest BCUT2D eigenvalue weighted by Crippen LogP contribution is -2.57. The minimum Gasteiger partial charge on any atom is -0.457 e. The second kappa shape index (κ2) is 7.64. The number of hydrogen-bond acceptors (Lipinski definition) is 8. The van der Waals surface area contributed by atoms with E-state index in [2.05, 4.69) is 0 Å². The molecule has 0 saturated carbocycles. The van der Waals surface area contributed by atoms with Gasteiger partial charge < -0.3 is 24.8 Å². The molecule has 0 bridgehead atoms. The van der Waals surface area contributed by atoms with Gasteiger partial charge in [-0.25, -0.2) is 9.59 Å². The highest BCUT2D eigenvalue weighted by Gasteiger charge is 2.62. The minimum atomic E-state index is -2.72. The number of carbonyl (C=O) groups is 1. The highest BCUT2D eigenvalue weighted by atomic mass is 19.1. The van der Waals surface area contributed by atoms with Crippen molar-refractivity contribution < 1.29 is 34.0 Å². The standard InChI is InChI=1S/C17H17FN2O8/c18-10-6-20(16(26)19-14(10)24)17(13(23)12(22)11(7-21)28-17)15(25)27-8-9-4-2-1-3-5-9/h1-6,11-13,21-23H,7-8H2,(H,19,24,26)/t11-,12-,13-,17+/m1/s1.